The van der Waals surface area contributed by atoms with Crippen molar-refractivity contribution in [2.75, 3.05) is 7.11 Å². The molecule has 0 saturated heterocycles. The summed E-state index contributed by atoms with van der Waals surface area (Å²) in [6, 6.07) is 7.18. The molecule has 0 radical (unpaired) electrons. The summed E-state index contributed by atoms with van der Waals surface area (Å²) in [5, 5.41) is 0. The van der Waals surface area contributed by atoms with Gasteiger partial charge >= 0.3 is 5.97 Å². The number of hydrogen-bond acceptors (Lipinski definition) is 4. The standard InChI is InChI=1S/C13H12N2O2/c1-9-7-15-12(8-14-9)10-5-3-4-6-11(10)13(16)17-2/h3-8H,1-2H3. The predicted molar refractivity (Wildman–Crippen MR) is 63.5 cm³/mol. The van der Waals surface area contributed by atoms with Crippen molar-refractivity contribution >= 4 is 5.97 Å². The molecule has 1 aromatic heterocycles. The summed E-state index contributed by atoms with van der Waals surface area (Å²) in [5.74, 6) is -0.372. The molecule has 0 aliphatic heterocycles. The summed E-state index contributed by atoms with van der Waals surface area (Å²) >= 11 is 0. The smallest absolute Gasteiger partial charge is 0.338 e. The highest BCUT2D eigenvalue weighted by Crippen LogP contribution is 2.21. The van der Waals surface area contributed by atoms with E-state index in [9.17, 15) is 4.79 Å². The third-order valence-corrected chi connectivity index (χ3v) is 2.39. The molecule has 0 N–H and O–H groups in total. The van der Waals surface area contributed by atoms with Gasteiger partial charge in [0.25, 0.3) is 0 Å². The van der Waals surface area contributed by atoms with Crippen LogP contribution < -0.4 is 0 Å². The van der Waals surface area contributed by atoms with E-state index in [-0.39, 0.29) is 5.97 Å². The SMILES string of the molecule is COC(=O)c1ccccc1-c1cnc(C)cn1. The van der Waals surface area contributed by atoms with Gasteiger partial charge in [-0.1, -0.05) is 18.2 Å². The van der Waals surface area contributed by atoms with Gasteiger partial charge in [-0.3, -0.25) is 9.97 Å². The van der Waals surface area contributed by atoms with Gasteiger partial charge in [-0.25, -0.2) is 4.79 Å². The number of aromatic nitrogens is 2. The highest BCUT2D eigenvalue weighted by molar-refractivity contribution is 5.96. The zero-order valence-corrected chi connectivity index (χ0v) is 9.68. The molecular formula is C13H12N2O2. The highest BCUT2D eigenvalue weighted by Gasteiger charge is 2.13. The quantitative estimate of drug-likeness (QED) is 0.740. The Hall–Kier alpha value is -2.23. The van der Waals surface area contributed by atoms with Gasteiger partial charge in [-0.2, -0.15) is 0 Å². The van der Waals surface area contributed by atoms with Crippen molar-refractivity contribution in [3.63, 3.8) is 0 Å². The van der Waals surface area contributed by atoms with Gasteiger partial charge in [-0.15, -0.1) is 0 Å². The minimum absolute atomic E-state index is 0.372. The molecule has 4 heteroatoms. The van der Waals surface area contributed by atoms with E-state index in [1.54, 1.807) is 24.5 Å². The molecule has 17 heavy (non-hydrogen) atoms. The number of ether oxygens (including phenoxy) is 1. The molecule has 0 atom stereocenters. The maximum Gasteiger partial charge on any atom is 0.338 e. The number of benzene rings is 1. The molecule has 2 aromatic rings. The van der Waals surface area contributed by atoms with Crippen LogP contribution in [-0.4, -0.2) is 23.0 Å². The molecule has 4 nitrogen and oxygen atoms in total. The molecule has 0 aliphatic rings. The van der Waals surface area contributed by atoms with Crippen LogP contribution in [-0.2, 0) is 4.74 Å². The topological polar surface area (TPSA) is 52.1 Å². The highest BCUT2D eigenvalue weighted by atomic mass is 16.5. The van der Waals surface area contributed by atoms with Crippen LogP contribution in [0.5, 0.6) is 0 Å². The average Bonchev–Trinajstić information content (AvgIpc) is 2.39. The third kappa shape index (κ3) is 2.30. The molecule has 0 aliphatic carbocycles. The first-order valence-corrected chi connectivity index (χ1v) is 5.18. The lowest BCUT2D eigenvalue weighted by molar-refractivity contribution is 0.0601. The molecule has 0 saturated carbocycles. The van der Waals surface area contributed by atoms with Gasteiger partial charge in [0, 0.05) is 11.8 Å². The summed E-state index contributed by atoms with van der Waals surface area (Å²) in [6.45, 7) is 1.86. The van der Waals surface area contributed by atoms with Crippen molar-refractivity contribution in [1.82, 2.24) is 9.97 Å². The largest absolute Gasteiger partial charge is 0.465 e. The van der Waals surface area contributed by atoms with Crippen LogP contribution in [0.1, 0.15) is 16.1 Å². The van der Waals surface area contributed by atoms with Crippen LogP contribution in [0.2, 0.25) is 0 Å². The first-order valence-electron chi connectivity index (χ1n) is 5.18. The van der Waals surface area contributed by atoms with Gasteiger partial charge in [0.2, 0.25) is 0 Å². The molecular weight excluding hydrogens is 216 g/mol. The van der Waals surface area contributed by atoms with Gasteiger partial charge < -0.3 is 4.74 Å². The Morgan fingerprint density at radius 1 is 1.18 bits per heavy atom. The summed E-state index contributed by atoms with van der Waals surface area (Å²) < 4.78 is 4.74. The minimum atomic E-state index is -0.372. The number of carbonyl (C=O) groups excluding carboxylic acids is 1. The Labute approximate surface area is 99.3 Å². The third-order valence-electron chi connectivity index (χ3n) is 2.39. The fourth-order valence-electron chi connectivity index (χ4n) is 1.53. The fourth-order valence-corrected chi connectivity index (χ4v) is 1.53. The zero-order chi connectivity index (χ0) is 12.3. The Bertz CT molecular complexity index is 535. The fraction of sp³-hybridized carbons (Fsp3) is 0.154. The van der Waals surface area contributed by atoms with E-state index in [4.69, 9.17) is 4.74 Å². The monoisotopic (exact) mass is 228 g/mol. The van der Waals surface area contributed by atoms with Crippen LogP contribution >= 0.6 is 0 Å². The van der Waals surface area contributed by atoms with Crippen molar-refractivity contribution in [1.29, 1.82) is 0 Å². The van der Waals surface area contributed by atoms with Crippen LogP contribution in [0.15, 0.2) is 36.7 Å². The Morgan fingerprint density at radius 3 is 2.59 bits per heavy atom. The summed E-state index contributed by atoms with van der Waals surface area (Å²) in [5.41, 5.74) is 2.72. The summed E-state index contributed by atoms with van der Waals surface area (Å²) in [7, 11) is 1.36. The Kier molecular flexibility index (Phi) is 3.14. The van der Waals surface area contributed by atoms with Gasteiger partial charge in [0.1, 0.15) is 0 Å². The van der Waals surface area contributed by atoms with Crippen LogP contribution in [0.4, 0.5) is 0 Å². The van der Waals surface area contributed by atoms with Crippen molar-refractivity contribution in [3.8, 4) is 11.3 Å². The summed E-state index contributed by atoms with van der Waals surface area (Å²) in [6.07, 6.45) is 3.32. The molecule has 0 amide bonds. The van der Waals surface area contributed by atoms with Gasteiger partial charge in [0.15, 0.2) is 0 Å². The number of nitrogens with zero attached hydrogens (tertiary/aromatic N) is 2. The van der Waals surface area contributed by atoms with E-state index < -0.39 is 0 Å². The second-order valence-electron chi connectivity index (χ2n) is 3.58. The van der Waals surface area contributed by atoms with E-state index in [0.29, 0.717) is 11.3 Å². The number of hydrogen-bond donors (Lipinski definition) is 0. The second-order valence-corrected chi connectivity index (χ2v) is 3.58. The van der Waals surface area contributed by atoms with Crippen molar-refractivity contribution < 1.29 is 9.53 Å². The average molecular weight is 228 g/mol. The second kappa shape index (κ2) is 4.74. The van der Waals surface area contributed by atoms with Crippen molar-refractivity contribution in [2.24, 2.45) is 0 Å². The Morgan fingerprint density at radius 2 is 1.94 bits per heavy atom. The number of esters is 1. The van der Waals surface area contributed by atoms with Crippen LogP contribution in [0, 0.1) is 6.92 Å². The normalized spacial score (nSPS) is 10.0. The van der Waals surface area contributed by atoms with Crippen molar-refractivity contribution in [2.45, 2.75) is 6.92 Å². The molecule has 1 aromatic carbocycles. The van der Waals surface area contributed by atoms with E-state index in [1.807, 2.05) is 19.1 Å². The summed E-state index contributed by atoms with van der Waals surface area (Å²) in [4.78, 5) is 20.0. The molecule has 86 valence electrons. The molecule has 2 rings (SSSR count). The predicted octanol–water partition coefficient (Wildman–Crippen LogP) is 2.24. The lowest BCUT2D eigenvalue weighted by atomic mass is 10.1. The van der Waals surface area contributed by atoms with Gasteiger partial charge in [0.05, 0.1) is 30.3 Å². The van der Waals surface area contributed by atoms with Crippen LogP contribution in [0.3, 0.4) is 0 Å². The number of methoxy groups -OCH3 is 1. The lowest BCUT2D eigenvalue weighted by Crippen LogP contribution is -2.04. The van der Waals surface area contributed by atoms with E-state index in [1.165, 1.54) is 7.11 Å². The van der Waals surface area contributed by atoms with Gasteiger partial charge in [-0.05, 0) is 13.0 Å². The zero-order valence-electron chi connectivity index (χ0n) is 9.68. The molecule has 1 heterocycles. The van der Waals surface area contributed by atoms with E-state index in [0.717, 1.165) is 11.3 Å². The lowest BCUT2D eigenvalue weighted by Gasteiger charge is -2.06. The maximum atomic E-state index is 11.6. The molecule has 0 bridgehead atoms. The van der Waals surface area contributed by atoms with Crippen molar-refractivity contribution in [3.05, 3.63) is 47.9 Å². The van der Waals surface area contributed by atoms with Crippen LogP contribution in [0.25, 0.3) is 11.3 Å². The molecule has 0 spiro atoms. The maximum absolute atomic E-state index is 11.6. The van der Waals surface area contributed by atoms with E-state index >= 15 is 0 Å². The minimum Gasteiger partial charge on any atom is -0.465 e. The number of rotatable bonds is 2. The molecule has 0 fully saturated rings. The first kappa shape index (κ1) is 11.3. The van der Waals surface area contributed by atoms with E-state index in [2.05, 4.69) is 9.97 Å². The number of carbonyl (C=O) groups is 1. The Balaban J connectivity index is 2.51. The first-order chi connectivity index (χ1) is 8.22. The molecule has 0 unspecified atom stereocenters. The number of aryl methyl sites for hydroxylation is 1.